The van der Waals surface area contributed by atoms with Gasteiger partial charge in [0.1, 0.15) is 11.5 Å². The fourth-order valence-electron chi connectivity index (χ4n) is 2.74. The highest BCUT2D eigenvalue weighted by atomic mass is 16.3. The van der Waals surface area contributed by atoms with Gasteiger partial charge in [0.2, 0.25) is 5.91 Å². The van der Waals surface area contributed by atoms with Crippen LogP contribution in [0.25, 0.3) is 10.8 Å². The quantitative estimate of drug-likeness (QED) is 0.631. The third-order valence-electron chi connectivity index (χ3n) is 4.24. The van der Waals surface area contributed by atoms with Crippen LogP contribution >= 0.6 is 0 Å². The predicted octanol–water partition coefficient (Wildman–Crippen LogP) is 3.49. The molecule has 0 aromatic heterocycles. The van der Waals surface area contributed by atoms with E-state index in [2.05, 4.69) is 5.32 Å². The van der Waals surface area contributed by atoms with Crippen molar-refractivity contribution in [2.45, 2.75) is 6.92 Å². The maximum atomic E-state index is 12.5. The van der Waals surface area contributed by atoms with Crippen molar-refractivity contribution in [3.05, 3.63) is 60.2 Å². The Morgan fingerprint density at radius 1 is 0.923 bits per heavy atom. The SMILES string of the molecule is CC(=O)N(C)c1cccc2c(O)c(C(=O)Nc3ccccc3O)ccc12. The van der Waals surface area contributed by atoms with Gasteiger partial charge >= 0.3 is 0 Å². The zero-order chi connectivity index (χ0) is 18.8. The topological polar surface area (TPSA) is 89.9 Å². The number of fused-ring (bicyclic) bond motifs is 1. The first-order valence-electron chi connectivity index (χ1n) is 7.98. The number of nitrogens with zero attached hydrogens (tertiary/aromatic N) is 1. The number of phenolic OH excluding ortho intramolecular Hbond substituents is 2. The number of aromatic hydroxyl groups is 2. The monoisotopic (exact) mass is 350 g/mol. The molecule has 132 valence electrons. The Kier molecular flexibility index (Phi) is 4.49. The Bertz CT molecular complexity index is 1010. The molecule has 6 nitrogen and oxygen atoms in total. The summed E-state index contributed by atoms with van der Waals surface area (Å²) in [6.07, 6.45) is 0. The summed E-state index contributed by atoms with van der Waals surface area (Å²) in [6, 6.07) is 14.7. The van der Waals surface area contributed by atoms with Crippen LogP contribution in [0, 0.1) is 0 Å². The maximum absolute atomic E-state index is 12.5. The van der Waals surface area contributed by atoms with Gasteiger partial charge in [0.15, 0.2) is 0 Å². The minimum absolute atomic E-state index is 0.0634. The third-order valence-corrected chi connectivity index (χ3v) is 4.24. The van der Waals surface area contributed by atoms with Crippen molar-refractivity contribution in [3.8, 4) is 11.5 Å². The van der Waals surface area contributed by atoms with Gasteiger partial charge in [-0.1, -0.05) is 30.3 Å². The van der Waals surface area contributed by atoms with E-state index in [1.807, 2.05) is 0 Å². The summed E-state index contributed by atoms with van der Waals surface area (Å²) in [7, 11) is 1.65. The lowest BCUT2D eigenvalue weighted by Crippen LogP contribution is -2.23. The van der Waals surface area contributed by atoms with E-state index in [4.69, 9.17) is 0 Å². The molecule has 0 heterocycles. The number of amides is 2. The van der Waals surface area contributed by atoms with Crippen LogP contribution in [0.15, 0.2) is 54.6 Å². The molecule has 0 unspecified atom stereocenters. The molecular weight excluding hydrogens is 332 g/mol. The summed E-state index contributed by atoms with van der Waals surface area (Å²) >= 11 is 0. The van der Waals surface area contributed by atoms with Gasteiger partial charge in [-0.25, -0.2) is 0 Å². The lowest BCUT2D eigenvalue weighted by molar-refractivity contribution is -0.116. The first-order chi connectivity index (χ1) is 12.4. The summed E-state index contributed by atoms with van der Waals surface area (Å²) in [5.41, 5.74) is 0.961. The third kappa shape index (κ3) is 3.04. The van der Waals surface area contributed by atoms with Gasteiger partial charge in [0.25, 0.3) is 5.91 Å². The standard InChI is InChI=1S/C20H18N2O4/c1-12(23)22(2)17-8-5-6-14-13(17)10-11-15(19(14)25)20(26)21-16-7-3-4-9-18(16)24/h3-11,24-25H,1-2H3,(H,21,26). The van der Waals surface area contributed by atoms with Crippen molar-refractivity contribution < 1.29 is 19.8 Å². The van der Waals surface area contributed by atoms with Crippen LogP contribution in [0.5, 0.6) is 11.5 Å². The summed E-state index contributed by atoms with van der Waals surface area (Å²) in [4.78, 5) is 25.6. The summed E-state index contributed by atoms with van der Waals surface area (Å²) in [5.74, 6) is -0.935. The van der Waals surface area contributed by atoms with Crippen LogP contribution in [0.2, 0.25) is 0 Å². The molecule has 0 fully saturated rings. The Morgan fingerprint density at radius 2 is 1.65 bits per heavy atom. The lowest BCUT2D eigenvalue weighted by Gasteiger charge is -2.18. The maximum Gasteiger partial charge on any atom is 0.259 e. The number of hydrogen-bond acceptors (Lipinski definition) is 4. The fourth-order valence-corrected chi connectivity index (χ4v) is 2.74. The van der Waals surface area contributed by atoms with Gasteiger partial charge < -0.3 is 20.4 Å². The number of carbonyl (C=O) groups is 2. The molecule has 0 aliphatic rings. The van der Waals surface area contributed by atoms with Crippen molar-refractivity contribution in [3.63, 3.8) is 0 Å². The number of benzene rings is 3. The van der Waals surface area contributed by atoms with Crippen molar-refractivity contribution in [1.29, 1.82) is 0 Å². The van der Waals surface area contributed by atoms with E-state index in [-0.39, 0.29) is 28.7 Å². The Labute approximate surface area is 150 Å². The molecular formula is C20H18N2O4. The fraction of sp³-hybridized carbons (Fsp3) is 0.100. The van der Waals surface area contributed by atoms with Crippen LogP contribution in [0.1, 0.15) is 17.3 Å². The zero-order valence-electron chi connectivity index (χ0n) is 14.4. The highest BCUT2D eigenvalue weighted by Crippen LogP contribution is 2.35. The molecule has 3 rings (SSSR count). The van der Waals surface area contributed by atoms with Crippen LogP contribution in [-0.4, -0.2) is 29.1 Å². The Balaban J connectivity index is 2.03. The smallest absolute Gasteiger partial charge is 0.259 e. The molecule has 0 aliphatic carbocycles. The van der Waals surface area contributed by atoms with E-state index < -0.39 is 5.91 Å². The lowest BCUT2D eigenvalue weighted by atomic mass is 10.0. The van der Waals surface area contributed by atoms with E-state index >= 15 is 0 Å². The summed E-state index contributed by atoms with van der Waals surface area (Å²) in [5, 5.41) is 24.1. The van der Waals surface area contributed by atoms with Crippen LogP contribution in [0.4, 0.5) is 11.4 Å². The summed E-state index contributed by atoms with van der Waals surface area (Å²) in [6.45, 7) is 1.45. The van der Waals surface area contributed by atoms with E-state index in [1.165, 1.54) is 24.0 Å². The number of carbonyl (C=O) groups excluding carboxylic acids is 2. The van der Waals surface area contributed by atoms with Gasteiger partial charge in [0.05, 0.1) is 16.9 Å². The van der Waals surface area contributed by atoms with Gasteiger partial charge in [-0.15, -0.1) is 0 Å². The molecule has 0 radical (unpaired) electrons. The highest BCUT2D eigenvalue weighted by Gasteiger charge is 2.18. The normalized spacial score (nSPS) is 10.5. The second-order valence-electron chi connectivity index (χ2n) is 5.88. The Morgan fingerprint density at radius 3 is 2.35 bits per heavy atom. The molecule has 0 saturated heterocycles. The van der Waals surface area contributed by atoms with E-state index in [1.54, 1.807) is 49.5 Å². The number of rotatable bonds is 3. The van der Waals surface area contributed by atoms with Crippen LogP contribution in [-0.2, 0) is 4.79 Å². The first kappa shape index (κ1) is 17.3. The molecule has 0 aliphatic heterocycles. The number of para-hydroxylation sites is 2. The Hall–Kier alpha value is -3.54. The molecule has 0 bridgehead atoms. The molecule has 3 aromatic carbocycles. The van der Waals surface area contributed by atoms with Crippen molar-refractivity contribution in [1.82, 2.24) is 0 Å². The van der Waals surface area contributed by atoms with Crippen molar-refractivity contribution in [2.75, 3.05) is 17.3 Å². The van der Waals surface area contributed by atoms with Crippen LogP contribution in [0.3, 0.4) is 0 Å². The molecule has 0 spiro atoms. The number of phenols is 2. The molecule has 0 saturated carbocycles. The average molecular weight is 350 g/mol. The summed E-state index contributed by atoms with van der Waals surface area (Å²) < 4.78 is 0. The van der Waals surface area contributed by atoms with Gasteiger partial charge in [-0.05, 0) is 24.3 Å². The number of anilines is 2. The van der Waals surface area contributed by atoms with Crippen LogP contribution < -0.4 is 10.2 Å². The molecule has 3 N–H and O–H groups in total. The minimum Gasteiger partial charge on any atom is -0.506 e. The van der Waals surface area contributed by atoms with E-state index in [0.29, 0.717) is 16.5 Å². The second kappa shape index (κ2) is 6.76. The van der Waals surface area contributed by atoms with Crippen molar-refractivity contribution in [2.24, 2.45) is 0 Å². The second-order valence-corrected chi connectivity index (χ2v) is 5.88. The van der Waals surface area contributed by atoms with Gasteiger partial charge in [0, 0.05) is 24.7 Å². The molecule has 2 amide bonds. The largest absolute Gasteiger partial charge is 0.506 e. The average Bonchev–Trinajstić information content (AvgIpc) is 2.63. The van der Waals surface area contributed by atoms with E-state index in [9.17, 15) is 19.8 Å². The number of nitrogens with one attached hydrogen (secondary N) is 1. The highest BCUT2D eigenvalue weighted by molar-refractivity contribution is 6.12. The van der Waals surface area contributed by atoms with Gasteiger partial charge in [-0.2, -0.15) is 0 Å². The predicted molar refractivity (Wildman–Crippen MR) is 101 cm³/mol. The van der Waals surface area contributed by atoms with Crippen molar-refractivity contribution >= 4 is 34.0 Å². The van der Waals surface area contributed by atoms with Gasteiger partial charge in [-0.3, -0.25) is 9.59 Å². The zero-order valence-corrected chi connectivity index (χ0v) is 14.4. The number of hydrogen-bond donors (Lipinski definition) is 3. The molecule has 3 aromatic rings. The molecule has 6 heteroatoms. The minimum atomic E-state index is -0.545. The molecule has 0 atom stereocenters. The molecule has 26 heavy (non-hydrogen) atoms. The van der Waals surface area contributed by atoms with E-state index in [0.717, 1.165) is 0 Å². The first-order valence-corrected chi connectivity index (χ1v) is 7.98.